The van der Waals surface area contributed by atoms with E-state index in [1.54, 1.807) is 18.2 Å². The van der Waals surface area contributed by atoms with E-state index in [2.05, 4.69) is 15.9 Å². The summed E-state index contributed by atoms with van der Waals surface area (Å²) in [5.41, 5.74) is 0. The van der Waals surface area contributed by atoms with E-state index in [-0.39, 0.29) is 29.6 Å². The SMILES string of the molecule is O=S([O-])c1ccccc1Br.[Na+]. The molecule has 0 spiro atoms. The summed E-state index contributed by atoms with van der Waals surface area (Å²) in [6.07, 6.45) is 0. The fourth-order valence-electron chi connectivity index (χ4n) is 0.580. The van der Waals surface area contributed by atoms with Crippen LogP contribution < -0.4 is 29.6 Å². The molecule has 5 heteroatoms. The predicted molar refractivity (Wildman–Crippen MR) is 41.3 cm³/mol. The number of halogens is 1. The van der Waals surface area contributed by atoms with Gasteiger partial charge in [0.15, 0.2) is 0 Å². The molecule has 0 saturated carbocycles. The molecule has 2 nitrogen and oxygen atoms in total. The maximum absolute atomic E-state index is 10.4. The van der Waals surface area contributed by atoms with Gasteiger partial charge in [0.1, 0.15) is 0 Å². The fourth-order valence-corrected chi connectivity index (χ4v) is 1.68. The Balaban J connectivity index is 0.000001000. The van der Waals surface area contributed by atoms with Crippen LogP contribution >= 0.6 is 15.9 Å². The van der Waals surface area contributed by atoms with Crippen LogP contribution in [0.25, 0.3) is 0 Å². The molecule has 0 bridgehead atoms. The van der Waals surface area contributed by atoms with Crippen molar-refractivity contribution in [3.8, 4) is 0 Å². The van der Waals surface area contributed by atoms with Crippen LogP contribution in [0.1, 0.15) is 0 Å². The Hall–Kier alpha value is 0.810. The molecular formula is C6H4BrNaO2S. The third kappa shape index (κ3) is 3.36. The average Bonchev–Trinajstić information content (AvgIpc) is 1.88. The number of hydrogen-bond donors (Lipinski definition) is 0. The zero-order valence-electron chi connectivity index (χ0n) is 5.91. The Kier molecular flexibility index (Phi) is 5.86. The van der Waals surface area contributed by atoms with Gasteiger partial charge in [-0.3, -0.25) is 4.21 Å². The largest absolute Gasteiger partial charge is 1.00 e. The van der Waals surface area contributed by atoms with Crippen LogP contribution in [0.3, 0.4) is 0 Å². The van der Waals surface area contributed by atoms with E-state index in [1.165, 1.54) is 6.07 Å². The van der Waals surface area contributed by atoms with E-state index in [0.29, 0.717) is 9.37 Å². The number of hydrogen-bond acceptors (Lipinski definition) is 2. The maximum Gasteiger partial charge on any atom is 1.00 e. The Morgan fingerprint density at radius 1 is 1.36 bits per heavy atom. The summed E-state index contributed by atoms with van der Waals surface area (Å²) in [6, 6.07) is 6.66. The minimum Gasteiger partial charge on any atom is -0.768 e. The first-order valence-electron chi connectivity index (χ1n) is 2.55. The van der Waals surface area contributed by atoms with Gasteiger partial charge in [0, 0.05) is 9.37 Å². The summed E-state index contributed by atoms with van der Waals surface area (Å²) >= 11 is 0.966. The molecule has 0 heterocycles. The van der Waals surface area contributed by atoms with Gasteiger partial charge in [0.05, 0.1) is 0 Å². The van der Waals surface area contributed by atoms with Gasteiger partial charge < -0.3 is 4.55 Å². The van der Waals surface area contributed by atoms with Crippen molar-refractivity contribution in [2.24, 2.45) is 0 Å². The molecular weight excluding hydrogens is 239 g/mol. The summed E-state index contributed by atoms with van der Waals surface area (Å²) < 4.78 is 21.4. The normalized spacial score (nSPS) is 11.8. The first kappa shape index (κ1) is 11.8. The Morgan fingerprint density at radius 3 is 2.27 bits per heavy atom. The Bertz CT molecular complexity index is 267. The minimum atomic E-state index is -2.14. The van der Waals surface area contributed by atoms with Gasteiger partial charge in [-0.2, -0.15) is 0 Å². The zero-order chi connectivity index (χ0) is 7.56. The molecule has 0 amide bonds. The van der Waals surface area contributed by atoms with Crippen LogP contribution in [-0.2, 0) is 11.1 Å². The van der Waals surface area contributed by atoms with Crippen molar-refractivity contribution in [1.29, 1.82) is 0 Å². The third-order valence-electron chi connectivity index (χ3n) is 1.02. The summed E-state index contributed by atoms with van der Waals surface area (Å²) in [4.78, 5) is 0.294. The molecule has 11 heavy (non-hydrogen) atoms. The first-order valence-corrected chi connectivity index (χ1v) is 4.42. The molecule has 54 valence electrons. The van der Waals surface area contributed by atoms with Crippen molar-refractivity contribution in [2.45, 2.75) is 4.90 Å². The van der Waals surface area contributed by atoms with Crippen molar-refractivity contribution >= 4 is 27.0 Å². The number of rotatable bonds is 1. The van der Waals surface area contributed by atoms with E-state index in [0.717, 1.165) is 0 Å². The molecule has 0 N–H and O–H groups in total. The predicted octanol–water partition coefficient (Wildman–Crippen LogP) is -1.31. The second kappa shape index (κ2) is 5.45. The Labute approximate surface area is 98.1 Å². The molecule has 0 aliphatic heterocycles. The van der Waals surface area contributed by atoms with E-state index in [4.69, 9.17) is 0 Å². The van der Waals surface area contributed by atoms with Gasteiger partial charge in [0.25, 0.3) is 0 Å². The molecule has 1 rings (SSSR count). The minimum absolute atomic E-state index is 0. The van der Waals surface area contributed by atoms with Gasteiger partial charge in [0.2, 0.25) is 0 Å². The van der Waals surface area contributed by atoms with E-state index in [9.17, 15) is 8.76 Å². The van der Waals surface area contributed by atoms with Crippen molar-refractivity contribution in [3.05, 3.63) is 28.7 Å². The van der Waals surface area contributed by atoms with E-state index < -0.39 is 11.1 Å². The van der Waals surface area contributed by atoms with Crippen LogP contribution in [0, 0.1) is 0 Å². The molecule has 1 atom stereocenters. The fraction of sp³-hybridized carbons (Fsp3) is 0. The van der Waals surface area contributed by atoms with Crippen LogP contribution in [0.4, 0.5) is 0 Å². The van der Waals surface area contributed by atoms with Crippen molar-refractivity contribution in [3.63, 3.8) is 0 Å². The summed E-state index contributed by atoms with van der Waals surface area (Å²) in [5.74, 6) is 0. The quantitative estimate of drug-likeness (QED) is 0.454. The van der Waals surface area contributed by atoms with Gasteiger partial charge in [-0.05, 0) is 39.1 Å². The molecule has 0 aromatic heterocycles. The summed E-state index contributed by atoms with van der Waals surface area (Å²) in [6.45, 7) is 0. The molecule has 1 aromatic carbocycles. The smallest absolute Gasteiger partial charge is 0.768 e. The van der Waals surface area contributed by atoms with Crippen LogP contribution in [-0.4, -0.2) is 8.76 Å². The second-order valence-electron chi connectivity index (χ2n) is 1.67. The summed E-state index contributed by atoms with van der Waals surface area (Å²) in [5, 5.41) is 0. The van der Waals surface area contributed by atoms with Gasteiger partial charge in [-0.25, -0.2) is 0 Å². The maximum atomic E-state index is 10.4. The molecule has 0 aliphatic carbocycles. The molecule has 0 fully saturated rings. The van der Waals surface area contributed by atoms with Crippen LogP contribution in [0.15, 0.2) is 33.6 Å². The molecule has 0 saturated heterocycles. The van der Waals surface area contributed by atoms with Crippen LogP contribution in [0.2, 0.25) is 0 Å². The average molecular weight is 243 g/mol. The molecule has 0 aliphatic rings. The molecule has 1 aromatic rings. The number of benzene rings is 1. The zero-order valence-corrected chi connectivity index (χ0v) is 10.3. The van der Waals surface area contributed by atoms with Gasteiger partial charge in [-0.1, -0.05) is 12.1 Å². The molecule has 0 radical (unpaired) electrons. The monoisotopic (exact) mass is 242 g/mol. The van der Waals surface area contributed by atoms with Crippen molar-refractivity contribution in [1.82, 2.24) is 0 Å². The van der Waals surface area contributed by atoms with Crippen molar-refractivity contribution < 1.29 is 38.3 Å². The third-order valence-corrected chi connectivity index (χ3v) is 2.69. The Morgan fingerprint density at radius 2 is 1.91 bits per heavy atom. The summed E-state index contributed by atoms with van der Waals surface area (Å²) in [7, 11) is 0. The van der Waals surface area contributed by atoms with E-state index in [1.807, 2.05) is 0 Å². The van der Waals surface area contributed by atoms with Crippen LogP contribution in [0.5, 0.6) is 0 Å². The van der Waals surface area contributed by atoms with Gasteiger partial charge >= 0.3 is 29.6 Å². The first-order chi connectivity index (χ1) is 4.72. The van der Waals surface area contributed by atoms with Gasteiger partial charge in [-0.15, -0.1) is 0 Å². The topological polar surface area (TPSA) is 40.1 Å². The standard InChI is InChI=1S/C6H5BrO2S.Na/c7-5-3-1-2-4-6(5)10(8)9;/h1-4H,(H,8,9);/q;+1/p-1. The second-order valence-corrected chi connectivity index (χ2v) is 3.43. The van der Waals surface area contributed by atoms with Crippen molar-refractivity contribution in [2.75, 3.05) is 0 Å². The van der Waals surface area contributed by atoms with E-state index >= 15 is 0 Å². The molecule has 1 unspecified atom stereocenters.